The fourth-order valence-corrected chi connectivity index (χ4v) is 2.32. The lowest BCUT2D eigenvalue weighted by Crippen LogP contribution is -2.12. The molecule has 0 saturated carbocycles. The molecule has 19 heavy (non-hydrogen) atoms. The molecule has 98 valence electrons. The molecule has 5 heteroatoms. The first-order valence-electron chi connectivity index (χ1n) is 6.44. The number of nitrogens with one attached hydrogen (secondary N) is 1. The summed E-state index contributed by atoms with van der Waals surface area (Å²) in [7, 11) is 0. The Morgan fingerprint density at radius 3 is 3.00 bits per heavy atom. The van der Waals surface area contributed by atoms with Crippen molar-refractivity contribution in [3.8, 4) is 11.3 Å². The molecule has 2 aromatic heterocycles. The summed E-state index contributed by atoms with van der Waals surface area (Å²) in [6, 6.07) is 5.39. The predicted octanol–water partition coefficient (Wildman–Crippen LogP) is 1.92. The second kappa shape index (κ2) is 5.32. The lowest BCUT2D eigenvalue weighted by molar-refractivity contribution is 0.0928. The minimum absolute atomic E-state index is 0.0292. The number of hydrogen-bond acceptors (Lipinski definition) is 5. The van der Waals surface area contributed by atoms with E-state index >= 15 is 0 Å². The maximum atomic E-state index is 12.1. The Balaban J connectivity index is 1.72. The van der Waals surface area contributed by atoms with Gasteiger partial charge in [-0.2, -0.15) is 0 Å². The summed E-state index contributed by atoms with van der Waals surface area (Å²) < 4.78 is 5.15. The fraction of sp³-hybridized carbons (Fsp3) is 0.357. The molecule has 1 aliphatic heterocycles. The molecule has 3 rings (SSSR count). The van der Waals surface area contributed by atoms with Gasteiger partial charge >= 0.3 is 0 Å². The molecule has 0 unspecified atom stereocenters. The van der Waals surface area contributed by atoms with Gasteiger partial charge < -0.3 is 9.84 Å². The average molecular weight is 257 g/mol. The van der Waals surface area contributed by atoms with Crippen LogP contribution in [0.1, 0.15) is 23.4 Å². The lowest BCUT2D eigenvalue weighted by atomic mass is 10.0. The molecule has 0 amide bonds. The monoisotopic (exact) mass is 257 g/mol. The second-order valence-electron chi connectivity index (χ2n) is 4.80. The molecule has 1 fully saturated rings. The number of Topliss-reactive ketones (excluding diaryl/α,β-unsaturated/α-hetero) is 1. The van der Waals surface area contributed by atoms with E-state index in [4.69, 9.17) is 4.52 Å². The van der Waals surface area contributed by atoms with Crippen LogP contribution >= 0.6 is 0 Å². The van der Waals surface area contributed by atoms with E-state index in [0.717, 1.165) is 25.1 Å². The minimum Gasteiger partial charge on any atom is -0.352 e. The molecule has 1 atom stereocenters. The van der Waals surface area contributed by atoms with Crippen LogP contribution in [0.4, 0.5) is 0 Å². The highest BCUT2D eigenvalue weighted by Gasteiger charge is 2.21. The van der Waals surface area contributed by atoms with Gasteiger partial charge in [0.05, 0.1) is 0 Å². The van der Waals surface area contributed by atoms with Crippen molar-refractivity contribution in [3.63, 3.8) is 0 Å². The van der Waals surface area contributed by atoms with Gasteiger partial charge in [0, 0.05) is 30.4 Å². The molecule has 0 aliphatic carbocycles. The molecule has 2 aromatic rings. The van der Waals surface area contributed by atoms with Gasteiger partial charge in [0.1, 0.15) is 5.69 Å². The van der Waals surface area contributed by atoms with Crippen LogP contribution in [-0.4, -0.2) is 29.0 Å². The van der Waals surface area contributed by atoms with E-state index < -0.39 is 0 Å². The van der Waals surface area contributed by atoms with E-state index in [0.29, 0.717) is 23.8 Å². The van der Waals surface area contributed by atoms with Crippen LogP contribution in [0.3, 0.4) is 0 Å². The highest BCUT2D eigenvalue weighted by molar-refractivity contribution is 5.94. The zero-order valence-electron chi connectivity index (χ0n) is 10.5. The summed E-state index contributed by atoms with van der Waals surface area (Å²) in [6.07, 6.45) is 4.96. The van der Waals surface area contributed by atoms with Crippen molar-refractivity contribution in [3.05, 3.63) is 36.4 Å². The zero-order chi connectivity index (χ0) is 13.1. The third-order valence-electron chi connectivity index (χ3n) is 3.40. The lowest BCUT2D eigenvalue weighted by Gasteiger charge is -2.03. The van der Waals surface area contributed by atoms with Gasteiger partial charge in [-0.1, -0.05) is 5.16 Å². The van der Waals surface area contributed by atoms with Crippen molar-refractivity contribution in [1.82, 2.24) is 15.5 Å². The number of carbonyl (C=O) groups excluding carboxylic acids is 1. The number of hydrogen-bond donors (Lipinski definition) is 1. The van der Waals surface area contributed by atoms with Crippen molar-refractivity contribution >= 4 is 5.78 Å². The van der Waals surface area contributed by atoms with Gasteiger partial charge in [0.15, 0.2) is 0 Å². The molecular formula is C14H15N3O2. The Morgan fingerprint density at radius 1 is 1.42 bits per heavy atom. The van der Waals surface area contributed by atoms with Gasteiger partial charge in [0.25, 0.3) is 0 Å². The van der Waals surface area contributed by atoms with Gasteiger partial charge in [-0.3, -0.25) is 9.78 Å². The SMILES string of the molecule is O=C(C[C@@H]1CCNC1)c1cc(-c2ccncc2)no1. The highest BCUT2D eigenvalue weighted by atomic mass is 16.5. The van der Waals surface area contributed by atoms with Crippen molar-refractivity contribution in [2.45, 2.75) is 12.8 Å². The molecule has 3 heterocycles. The van der Waals surface area contributed by atoms with Crippen LogP contribution in [0.25, 0.3) is 11.3 Å². The number of rotatable bonds is 4. The van der Waals surface area contributed by atoms with Crippen molar-refractivity contribution in [2.75, 3.05) is 13.1 Å². The smallest absolute Gasteiger partial charge is 0.203 e. The van der Waals surface area contributed by atoms with Crippen LogP contribution in [0.5, 0.6) is 0 Å². The van der Waals surface area contributed by atoms with Crippen LogP contribution < -0.4 is 5.32 Å². The van der Waals surface area contributed by atoms with Crippen molar-refractivity contribution < 1.29 is 9.32 Å². The summed E-state index contributed by atoms with van der Waals surface area (Å²) >= 11 is 0. The molecule has 1 saturated heterocycles. The molecule has 5 nitrogen and oxygen atoms in total. The fourth-order valence-electron chi connectivity index (χ4n) is 2.32. The van der Waals surface area contributed by atoms with Crippen LogP contribution in [-0.2, 0) is 0 Å². The van der Waals surface area contributed by atoms with E-state index in [1.54, 1.807) is 18.5 Å². The van der Waals surface area contributed by atoms with Gasteiger partial charge in [0.2, 0.25) is 11.5 Å². The number of aromatic nitrogens is 2. The summed E-state index contributed by atoms with van der Waals surface area (Å²) in [5.74, 6) is 0.794. The first-order chi connectivity index (χ1) is 9.33. The first kappa shape index (κ1) is 12.0. The summed E-state index contributed by atoms with van der Waals surface area (Å²) in [5, 5.41) is 7.20. The molecule has 0 spiro atoms. The third-order valence-corrected chi connectivity index (χ3v) is 3.40. The second-order valence-corrected chi connectivity index (χ2v) is 4.80. The highest BCUT2D eigenvalue weighted by Crippen LogP contribution is 2.21. The number of ketones is 1. The Kier molecular flexibility index (Phi) is 3.37. The van der Waals surface area contributed by atoms with Gasteiger partial charge in [-0.15, -0.1) is 0 Å². The molecular weight excluding hydrogens is 242 g/mol. The Morgan fingerprint density at radius 2 is 2.26 bits per heavy atom. The third kappa shape index (κ3) is 2.71. The van der Waals surface area contributed by atoms with Crippen molar-refractivity contribution in [1.29, 1.82) is 0 Å². The normalized spacial score (nSPS) is 18.6. The Bertz CT molecular complexity index is 559. The largest absolute Gasteiger partial charge is 0.352 e. The topological polar surface area (TPSA) is 68.0 Å². The average Bonchev–Trinajstić information content (AvgIpc) is 3.10. The minimum atomic E-state index is 0.0292. The van der Waals surface area contributed by atoms with Gasteiger partial charge in [-0.25, -0.2) is 0 Å². The summed E-state index contributed by atoms with van der Waals surface area (Å²) in [5.41, 5.74) is 1.58. The van der Waals surface area contributed by atoms with E-state index in [9.17, 15) is 4.79 Å². The van der Waals surface area contributed by atoms with Crippen LogP contribution in [0.15, 0.2) is 35.1 Å². The maximum absolute atomic E-state index is 12.1. The zero-order valence-corrected chi connectivity index (χ0v) is 10.5. The molecule has 1 N–H and O–H groups in total. The van der Waals surface area contributed by atoms with Crippen LogP contribution in [0, 0.1) is 5.92 Å². The van der Waals surface area contributed by atoms with Gasteiger partial charge in [-0.05, 0) is 37.6 Å². The number of carbonyl (C=O) groups is 1. The van der Waals surface area contributed by atoms with E-state index in [2.05, 4.69) is 15.5 Å². The molecule has 0 aromatic carbocycles. The summed E-state index contributed by atoms with van der Waals surface area (Å²) in [6.45, 7) is 1.91. The van der Waals surface area contributed by atoms with Crippen molar-refractivity contribution in [2.24, 2.45) is 5.92 Å². The predicted molar refractivity (Wildman–Crippen MR) is 69.7 cm³/mol. The molecule has 1 aliphatic rings. The van der Waals surface area contributed by atoms with E-state index in [-0.39, 0.29) is 5.78 Å². The number of nitrogens with zero attached hydrogens (tertiary/aromatic N) is 2. The molecule has 0 bridgehead atoms. The van der Waals surface area contributed by atoms with Crippen LogP contribution in [0.2, 0.25) is 0 Å². The first-order valence-corrected chi connectivity index (χ1v) is 6.44. The van der Waals surface area contributed by atoms with E-state index in [1.807, 2.05) is 12.1 Å². The van der Waals surface area contributed by atoms with E-state index in [1.165, 1.54) is 0 Å². The Hall–Kier alpha value is -2.01. The Labute approximate surface area is 111 Å². The quantitative estimate of drug-likeness (QED) is 0.847. The summed E-state index contributed by atoms with van der Waals surface area (Å²) in [4.78, 5) is 16.0. The number of pyridine rings is 1. The maximum Gasteiger partial charge on any atom is 0.203 e. The standard InChI is InChI=1S/C14H15N3O2/c18-13(7-10-1-4-16-9-10)14-8-12(17-19-14)11-2-5-15-6-3-11/h2-3,5-6,8,10,16H,1,4,7,9H2/t10-/m0/s1. The molecule has 0 radical (unpaired) electrons.